The maximum Gasteiger partial charge on any atom is 0.239 e. The molecule has 0 radical (unpaired) electrons. The SMILES string of the molecule is N#Cc1ccsc1NC(=O)CN1CCC(C(=O)Nc2ccc3c(c2)OCO3)CC1. The first kappa shape index (κ1) is 19.2. The Bertz CT molecular complexity index is 960. The average molecular weight is 412 g/mol. The van der Waals surface area contributed by atoms with E-state index in [0.29, 0.717) is 53.7 Å². The molecule has 0 aliphatic carbocycles. The van der Waals surface area contributed by atoms with Crippen LogP contribution in [0, 0.1) is 17.2 Å². The maximum atomic E-state index is 12.6. The van der Waals surface area contributed by atoms with Crippen LogP contribution in [0.2, 0.25) is 0 Å². The third-order valence-electron chi connectivity index (χ3n) is 5.00. The minimum absolute atomic E-state index is 0.0229. The molecule has 2 aliphatic rings. The number of amides is 2. The zero-order valence-corrected chi connectivity index (χ0v) is 16.5. The number of nitrogens with one attached hydrogen (secondary N) is 2. The highest BCUT2D eigenvalue weighted by atomic mass is 32.1. The van der Waals surface area contributed by atoms with Crippen molar-refractivity contribution in [2.75, 3.05) is 37.1 Å². The predicted molar refractivity (Wildman–Crippen MR) is 108 cm³/mol. The highest BCUT2D eigenvalue weighted by Gasteiger charge is 2.26. The molecule has 150 valence electrons. The second-order valence-corrected chi connectivity index (χ2v) is 7.85. The van der Waals surface area contributed by atoms with Crippen LogP contribution in [0.3, 0.4) is 0 Å². The molecule has 8 nitrogen and oxygen atoms in total. The first-order valence-corrected chi connectivity index (χ1v) is 10.2. The van der Waals surface area contributed by atoms with Crippen molar-refractivity contribution < 1.29 is 19.1 Å². The van der Waals surface area contributed by atoms with Gasteiger partial charge in [-0.3, -0.25) is 14.5 Å². The van der Waals surface area contributed by atoms with Crippen LogP contribution in [0.15, 0.2) is 29.6 Å². The Hall–Kier alpha value is -3.09. The number of hydrogen-bond acceptors (Lipinski definition) is 7. The van der Waals surface area contributed by atoms with Gasteiger partial charge in [-0.1, -0.05) is 0 Å². The number of thiophene rings is 1. The number of hydrogen-bond donors (Lipinski definition) is 2. The Balaban J connectivity index is 1.24. The third-order valence-corrected chi connectivity index (χ3v) is 5.83. The number of ether oxygens (including phenoxy) is 2. The number of piperidine rings is 1. The van der Waals surface area contributed by atoms with Crippen LogP contribution in [-0.4, -0.2) is 43.1 Å². The number of benzene rings is 1. The summed E-state index contributed by atoms with van der Waals surface area (Å²) in [5.74, 6) is 1.05. The van der Waals surface area contributed by atoms with E-state index in [0.717, 1.165) is 0 Å². The predicted octanol–water partition coefficient (Wildman–Crippen LogP) is 2.64. The Morgan fingerprint density at radius 2 is 1.97 bits per heavy atom. The minimum atomic E-state index is -0.146. The Morgan fingerprint density at radius 3 is 2.76 bits per heavy atom. The van der Waals surface area contributed by atoms with Crippen LogP contribution in [0.1, 0.15) is 18.4 Å². The van der Waals surface area contributed by atoms with E-state index >= 15 is 0 Å². The van der Waals surface area contributed by atoms with Crippen LogP contribution >= 0.6 is 11.3 Å². The number of anilines is 2. The summed E-state index contributed by atoms with van der Waals surface area (Å²) >= 11 is 1.33. The first-order chi connectivity index (χ1) is 14.1. The van der Waals surface area contributed by atoms with Gasteiger partial charge in [-0.05, 0) is 49.5 Å². The lowest BCUT2D eigenvalue weighted by molar-refractivity contribution is -0.121. The summed E-state index contributed by atoms with van der Waals surface area (Å²) in [6, 6.07) is 9.09. The standard InChI is InChI=1S/C20H20N4O4S/c21-10-14-5-8-29-20(14)23-18(25)11-24-6-3-13(4-7-24)19(26)22-15-1-2-16-17(9-15)28-12-27-16/h1-2,5,8-9,13H,3-4,6-7,11-12H2,(H,22,26)(H,23,25). The summed E-state index contributed by atoms with van der Waals surface area (Å²) in [6.07, 6.45) is 1.37. The van der Waals surface area contributed by atoms with E-state index in [4.69, 9.17) is 14.7 Å². The highest BCUT2D eigenvalue weighted by Crippen LogP contribution is 2.34. The molecular formula is C20H20N4O4S. The van der Waals surface area contributed by atoms with Gasteiger partial charge in [-0.25, -0.2) is 0 Å². The average Bonchev–Trinajstić information content (AvgIpc) is 3.37. The van der Waals surface area contributed by atoms with Gasteiger partial charge in [-0.2, -0.15) is 5.26 Å². The van der Waals surface area contributed by atoms with Crippen molar-refractivity contribution >= 4 is 33.8 Å². The van der Waals surface area contributed by atoms with E-state index in [9.17, 15) is 9.59 Å². The molecule has 0 saturated carbocycles. The molecule has 0 bridgehead atoms. The molecule has 29 heavy (non-hydrogen) atoms. The van der Waals surface area contributed by atoms with Crippen LogP contribution in [0.5, 0.6) is 11.5 Å². The van der Waals surface area contributed by atoms with Crippen molar-refractivity contribution in [2.24, 2.45) is 5.92 Å². The normalized spacial score (nSPS) is 16.2. The van der Waals surface area contributed by atoms with Crippen molar-refractivity contribution in [2.45, 2.75) is 12.8 Å². The van der Waals surface area contributed by atoms with Crippen LogP contribution in [0.4, 0.5) is 10.7 Å². The van der Waals surface area contributed by atoms with Crippen molar-refractivity contribution in [3.05, 3.63) is 35.2 Å². The summed E-state index contributed by atoms with van der Waals surface area (Å²) in [5, 5.41) is 17.1. The van der Waals surface area contributed by atoms with Crippen LogP contribution in [0.25, 0.3) is 0 Å². The lowest BCUT2D eigenvalue weighted by atomic mass is 9.96. The molecule has 0 unspecified atom stereocenters. The number of nitrogens with zero attached hydrogens (tertiary/aromatic N) is 2. The molecule has 2 amide bonds. The fourth-order valence-corrected chi connectivity index (χ4v) is 4.19. The number of fused-ring (bicyclic) bond motifs is 1. The van der Waals surface area contributed by atoms with Gasteiger partial charge in [0.1, 0.15) is 11.1 Å². The van der Waals surface area contributed by atoms with Gasteiger partial charge in [0.15, 0.2) is 11.5 Å². The van der Waals surface area contributed by atoms with Gasteiger partial charge in [0.05, 0.1) is 12.1 Å². The molecule has 2 aliphatic heterocycles. The topological polar surface area (TPSA) is 104 Å². The molecule has 1 aromatic heterocycles. The van der Waals surface area contributed by atoms with Gasteiger partial charge in [-0.15, -0.1) is 11.3 Å². The number of carbonyl (C=O) groups excluding carboxylic acids is 2. The summed E-state index contributed by atoms with van der Waals surface area (Å²) in [4.78, 5) is 26.8. The van der Waals surface area contributed by atoms with E-state index in [1.165, 1.54) is 11.3 Å². The molecule has 4 rings (SSSR count). The van der Waals surface area contributed by atoms with Crippen LogP contribution in [-0.2, 0) is 9.59 Å². The molecule has 1 aromatic carbocycles. The zero-order chi connectivity index (χ0) is 20.2. The Kier molecular flexibility index (Phi) is 5.64. The highest BCUT2D eigenvalue weighted by molar-refractivity contribution is 7.14. The van der Waals surface area contributed by atoms with E-state index < -0.39 is 0 Å². The number of likely N-dealkylation sites (tertiary alicyclic amines) is 1. The summed E-state index contributed by atoms with van der Waals surface area (Å²) < 4.78 is 10.6. The molecule has 9 heteroatoms. The Labute approximate surface area is 172 Å². The van der Waals surface area contributed by atoms with E-state index in [2.05, 4.69) is 16.7 Å². The molecule has 2 N–H and O–H groups in total. The second kappa shape index (κ2) is 8.51. The summed E-state index contributed by atoms with van der Waals surface area (Å²) in [5.41, 5.74) is 1.16. The van der Waals surface area contributed by atoms with Crippen molar-refractivity contribution in [1.82, 2.24) is 4.90 Å². The van der Waals surface area contributed by atoms with Crippen molar-refractivity contribution in [1.29, 1.82) is 5.26 Å². The molecule has 0 spiro atoms. The Morgan fingerprint density at radius 1 is 1.17 bits per heavy atom. The van der Waals surface area contributed by atoms with Gasteiger partial charge >= 0.3 is 0 Å². The monoisotopic (exact) mass is 412 g/mol. The summed E-state index contributed by atoms with van der Waals surface area (Å²) in [7, 11) is 0. The maximum absolute atomic E-state index is 12.6. The fraction of sp³-hybridized carbons (Fsp3) is 0.350. The number of rotatable bonds is 5. The third kappa shape index (κ3) is 4.50. The molecular weight excluding hydrogens is 392 g/mol. The van der Waals surface area contributed by atoms with Gasteiger partial charge in [0.2, 0.25) is 18.6 Å². The molecule has 0 atom stereocenters. The van der Waals surface area contributed by atoms with Gasteiger partial charge in [0.25, 0.3) is 0 Å². The van der Waals surface area contributed by atoms with Crippen molar-refractivity contribution in [3.8, 4) is 17.6 Å². The molecule has 3 heterocycles. The van der Waals surface area contributed by atoms with E-state index in [1.807, 2.05) is 4.90 Å². The lowest BCUT2D eigenvalue weighted by Gasteiger charge is -2.30. The fourth-order valence-electron chi connectivity index (χ4n) is 3.44. The largest absolute Gasteiger partial charge is 0.454 e. The second-order valence-electron chi connectivity index (χ2n) is 6.93. The van der Waals surface area contributed by atoms with E-state index in [1.54, 1.807) is 29.6 Å². The molecule has 1 fully saturated rings. The lowest BCUT2D eigenvalue weighted by Crippen LogP contribution is -2.41. The minimum Gasteiger partial charge on any atom is -0.454 e. The molecule has 2 aromatic rings. The van der Waals surface area contributed by atoms with E-state index in [-0.39, 0.29) is 31.1 Å². The zero-order valence-electron chi connectivity index (χ0n) is 15.6. The number of carbonyl (C=O) groups is 2. The van der Waals surface area contributed by atoms with Gasteiger partial charge in [0, 0.05) is 17.7 Å². The smallest absolute Gasteiger partial charge is 0.239 e. The quantitative estimate of drug-likeness (QED) is 0.783. The van der Waals surface area contributed by atoms with Crippen LogP contribution < -0.4 is 20.1 Å². The number of nitriles is 1. The van der Waals surface area contributed by atoms with Crippen molar-refractivity contribution in [3.63, 3.8) is 0 Å². The summed E-state index contributed by atoms with van der Waals surface area (Å²) in [6.45, 7) is 1.78. The van der Waals surface area contributed by atoms with Gasteiger partial charge < -0.3 is 20.1 Å². The molecule has 1 saturated heterocycles. The first-order valence-electron chi connectivity index (χ1n) is 9.32.